The second-order valence-electron chi connectivity index (χ2n) is 6.60. The van der Waals surface area contributed by atoms with Gasteiger partial charge in [0.05, 0.1) is 23.8 Å². The summed E-state index contributed by atoms with van der Waals surface area (Å²) in [5, 5.41) is 4.03. The third kappa shape index (κ3) is 4.54. The first kappa shape index (κ1) is 19.9. The van der Waals surface area contributed by atoms with E-state index in [4.69, 9.17) is 4.74 Å². The van der Waals surface area contributed by atoms with E-state index in [1.807, 2.05) is 56.3 Å². The molecular formula is C21H23N3O3S. The van der Waals surface area contributed by atoms with E-state index in [1.165, 1.54) is 11.8 Å². The number of methoxy groups -OCH3 is 1. The SMILES string of the molecule is COc1cccc(CNC(=O)CSc2nc3ccccc3c(=O)n2C(C)C)c1. The van der Waals surface area contributed by atoms with E-state index in [9.17, 15) is 9.59 Å². The van der Waals surface area contributed by atoms with Crippen LogP contribution >= 0.6 is 11.8 Å². The van der Waals surface area contributed by atoms with Gasteiger partial charge in [0.25, 0.3) is 5.56 Å². The number of thioether (sulfide) groups is 1. The van der Waals surface area contributed by atoms with E-state index < -0.39 is 0 Å². The highest BCUT2D eigenvalue weighted by atomic mass is 32.2. The van der Waals surface area contributed by atoms with Crippen LogP contribution in [0.1, 0.15) is 25.5 Å². The summed E-state index contributed by atoms with van der Waals surface area (Å²) in [6.45, 7) is 4.29. The standard InChI is InChI=1S/C21H23N3O3S/c1-14(2)24-20(26)17-9-4-5-10-18(17)23-21(24)28-13-19(25)22-12-15-7-6-8-16(11-15)27-3/h4-11,14H,12-13H2,1-3H3,(H,22,25). The van der Waals surface area contributed by atoms with Crippen LogP contribution in [0.4, 0.5) is 0 Å². The van der Waals surface area contributed by atoms with Crippen molar-refractivity contribution in [1.29, 1.82) is 0 Å². The molecule has 0 aliphatic carbocycles. The Morgan fingerprint density at radius 1 is 1.21 bits per heavy atom. The Morgan fingerprint density at radius 2 is 2.00 bits per heavy atom. The van der Waals surface area contributed by atoms with Crippen molar-refractivity contribution in [2.24, 2.45) is 0 Å². The second kappa shape index (κ2) is 8.93. The molecule has 7 heteroatoms. The summed E-state index contributed by atoms with van der Waals surface area (Å²) in [5.41, 5.74) is 1.52. The smallest absolute Gasteiger partial charge is 0.262 e. The minimum absolute atomic E-state index is 0.0491. The van der Waals surface area contributed by atoms with Gasteiger partial charge in [-0.1, -0.05) is 36.0 Å². The van der Waals surface area contributed by atoms with Crippen LogP contribution in [-0.2, 0) is 11.3 Å². The number of carbonyl (C=O) groups is 1. The molecule has 1 heterocycles. The van der Waals surface area contributed by atoms with E-state index in [0.29, 0.717) is 22.6 Å². The Morgan fingerprint density at radius 3 is 2.75 bits per heavy atom. The summed E-state index contributed by atoms with van der Waals surface area (Å²) < 4.78 is 6.83. The summed E-state index contributed by atoms with van der Waals surface area (Å²) >= 11 is 1.27. The number of benzene rings is 2. The van der Waals surface area contributed by atoms with Gasteiger partial charge in [0.15, 0.2) is 5.16 Å². The normalized spacial score (nSPS) is 11.0. The number of amides is 1. The van der Waals surface area contributed by atoms with Crippen LogP contribution in [0, 0.1) is 0 Å². The van der Waals surface area contributed by atoms with Crippen LogP contribution in [0.2, 0.25) is 0 Å². The lowest BCUT2D eigenvalue weighted by Gasteiger charge is -2.16. The molecule has 0 atom stereocenters. The number of ether oxygens (including phenoxy) is 1. The third-order valence-electron chi connectivity index (χ3n) is 4.25. The lowest BCUT2D eigenvalue weighted by Crippen LogP contribution is -2.27. The number of para-hydroxylation sites is 1. The summed E-state index contributed by atoms with van der Waals surface area (Å²) in [6, 6.07) is 14.8. The molecule has 0 bridgehead atoms. The largest absolute Gasteiger partial charge is 0.497 e. The Labute approximate surface area is 167 Å². The van der Waals surface area contributed by atoms with Crippen molar-refractivity contribution >= 4 is 28.6 Å². The van der Waals surface area contributed by atoms with Gasteiger partial charge in [-0.05, 0) is 43.7 Å². The Hall–Kier alpha value is -2.80. The van der Waals surface area contributed by atoms with Crippen molar-refractivity contribution in [1.82, 2.24) is 14.9 Å². The quantitative estimate of drug-likeness (QED) is 0.489. The first-order chi connectivity index (χ1) is 13.5. The maximum absolute atomic E-state index is 12.8. The molecular weight excluding hydrogens is 374 g/mol. The molecule has 1 amide bonds. The van der Waals surface area contributed by atoms with E-state index in [-0.39, 0.29) is 23.3 Å². The van der Waals surface area contributed by atoms with Crippen LogP contribution in [0.25, 0.3) is 10.9 Å². The summed E-state index contributed by atoms with van der Waals surface area (Å²) in [4.78, 5) is 29.7. The number of hydrogen-bond acceptors (Lipinski definition) is 5. The van der Waals surface area contributed by atoms with Gasteiger partial charge in [-0.25, -0.2) is 4.98 Å². The van der Waals surface area contributed by atoms with Gasteiger partial charge in [-0.2, -0.15) is 0 Å². The molecule has 1 aromatic heterocycles. The number of fused-ring (bicyclic) bond motifs is 1. The zero-order chi connectivity index (χ0) is 20.1. The highest BCUT2D eigenvalue weighted by Crippen LogP contribution is 2.20. The maximum Gasteiger partial charge on any atom is 0.262 e. The highest BCUT2D eigenvalue weighted by molar-refractivity contribution is 7.99. The van der Waals surface area contributed by atoms with Gasteiger partial charge in [-0.3, -0.25) is 14.2 Å². The predicted octanol–water partition coefficient (Wildman–Crippen LogP) is 3.39. The molecule has 0 radical (unpaired) electrons. The molecule has 1 N–H and O–H groups in total. The zero-order valence-corrected chi connectivity index (χ0v) is 17.0. The molecule has 0 saturated heterocycles. The molecule has 3 rings (SSSR count). The zero-order valence-electron chi connectivity index (χ0n) is 16.1. The van der Waals surface area contributed by atoms with Gasteiger partial charge in [-0.15, -0.1) is 0 Å². The average Bonchev–Trinajstić information content (AvgIpc) is 2.70. The minimum Gasteiger partial charge on any atom is -0.497 e. The van der Waals surface area contributed by atoms with Gasteiger partial charge in [0, 0.05) is 12.6 Å². The lowest BCUT2D eigenvalue weighted by molar-refractivity contribution is -0.118. The fraction of sp³-hybridized carbons (Fsp3) is 0.286. The van der Waals surface area contributed by atoms with Crippen molar-refractivity contribution in [2.75, 3.05) is 12.9 Å². The van der Waals surface area contributed by atoms with Crippen LogP contribution < -0.4 is 15.6 Å². The number of nitrogens with zero attached hydrogens (tertiary/aromatic N) is 2. The molecule has 0 saturated carbocycles. The number of carbonyl (C=O) groups excluding carboxylic acids is 1. The van der Waals surface area contributed by atoms with Gasteiger partial charge in [0.1, 0.15) is 5.75 Å². The first-order valence-electron chi connectivity index (χ1n) is 9.03. The highest BCUT2D eigenvalue weighted by Gasteiger charge is 2.15. The molecule has 0 spiro atoms. The molecule has 0 aliphatic heterocycles. The number of nitrogens with one attached hydrogen (secondary N) is 1. The van der Waals surface area contributed by atoms with Crippen molar-refractivity contribution < 1.29 is 9.53 Å². The monoisotopic (exact) mass is 397 g/mol. The lowest BCUT2D eigenvalue weighted by atomic mass is 10.2. The van der Waals surface area contributed by atoms with Crippen LogP contribution in [-0.4, -0.2) is 28.3 Å². The number of hydrogen-bond donors (Lipinski definition) is 1. The number of aromatic nitrogens is 2. The van der Waals surface area contributed by atoms with E-state index in [2.05, 4.69) is 10.3 Å². The number of rotatable bonds is 7. The fourth-order valence-electron chi connectivity index (χ4n) is 2.85. The van der Waals surface area contributed by atoms with E-state index in [1.54, 1.807) is 17.7 Å². The van der Waals surface area contributed by atoms with Crippen LogP contribution in [0.5, 0.6) is 5.75 Å². The van der Waals surface area contributed by atoms with Crippen molar-refractivity contribution in [2.45, 2.75) is 31.6 Å². The Bertz CT molecular complexity index is 1050. The Balaban J connectivity index is 1.71. The van der Waals surface area contributed by atoms with Crippen molar-refractivity contribution in [3.63, 3.8) is 0 Å². The summed E-state index contributed by atoms with van der Waals surface area (Å²) in [7, 11) is 1.61. The topological polar surface area (TPSA) is 73.2 Å². The molecule has 0 fully saturated rings. The predicted molar refractivity (Wildman–Crippen MR) is 112 cm³/mol. The van der Waals surface area contributed by atoms with E-state index >= 15 is 0 Å². The average molecular weight is 398 g/mol. The maximum atomic E-state index is 12.8. The van der Waals surface area contributed by atoms with Crippen LogP contribution in [0.15, 0.2) is 58.5 Å². The molecule has 3 aromatic rings. The van der Waals surface area contributed by atoms with Gasteiger partial charge >= 0.3 is 0 Å². The minimum atomic E-state index is -0.120. The van der Waals surface area contributed by atoms with E-state index in [0.717, 1.165) is 11.3 Å². The first-order valence-corrected chi connectivity index (χ1v) is 10.0. The van der Waals surface area contributed by atoms with Crippen LogP contribution in [0.3, 0.4) is 0 Å². The summed E-state index contributed by atoms with van der Waals surface area (Å²) in [5.74, 6) is 0.814. The van der Waals surface area contributed by atoms with Gasteiger partial charge in [0.2, 0.25) is 5.91 Å². The molecule has 28 heavy (non-hydrogen) atoms. The Kier molecular flexibility index (Phi) is 6.36. The summed E-state index contributed by atoms with van der Waals surface area (Å²) in [6.07, 6.45) is 0. The fourth-order valence-corrected chi connectivity index (χ4v) is 3.80. The molecule has 2 aromatic carbocycles. The van der Waals surface area contributed by atoms with Crippen molar-refractivity contribution in [3.8, 4) is 5.75 Å². The third-order valence-corrected chi connectivity index (χ3v) is 5.20. The molecule has 0 aliphatic rings. The molecule has 6 nitrogen and oxygen atoms in total. The molecule has 146 valence electrons. The van der Waals surface area contributed by atoms with Gasteiger partial charge < -0.3 is 10.1 Å². The van der Waals surface area contributed by atoms with Crippen molar-refractivity contribution in [3.05, 3.63) is 64.4 Å². The molecule has 0 unspecified atom stereocenters. The second-order valence-corrected chi connectivity index (χ2v) is 7.54.